The number of rotatable bonds is 3. The zero-order chi connectivity index (χ0) is 13.8. The summed E-state index contributed by atoms with van der Waals surface area (Å²) in [6.07, 6.45) is 6.98. The van der Waals surface area contributed by atoms with Crippen LogP contribution in [0.25, 0.3) is 0 Å². The molecule has 1 aromatic rings. The molecule has 0 aliphatic carbocycles. The van der Waals surface area contributed by atoms with E-state index < -0.39 is 0 Å². The highest BCUT2D eigenvalue weighted by atomic mass is 79.9. The van der Waals surface area contributed by atoms with Gasteiger partial charge in [0.05, 0.1) is 0 Å². The van der Waals surface area contributed by atoms with Crippen molar-refractivity contribution in [1.29, 1.82) is 0 Å². The highest BCUT2D eigenvalue weighted by Crippen LogP contribution is 2.22. The zero-order valence-electron chi connectivity index (χ0n) is 12.2. The van der Waals surface area contributed by atoms with Gasteiger partial charge >= 0.3 is 0 Å². The predicted octanol–water partition coefficient (Wildman–Crippen LogP) is 3.90. The van der Waals surface area contributed by atoms with Crippen LogP contribution in [0.5, 0.6) is 0 Å². The third-order valence-electron chi connectivity index (χ3n) is 4.76. The van der Waals surface area contributed by atoms with Gasteiger partial charge in [0.2, 0.25) is 0 Å². The number of hydrogen-bond donors (Lipinski definition) is 0. The van der Waals surface area contributed by atoms with Gasteiger partial charge in [-0.25, -0.2) is 0 Å². The lowest BCUT2D eigenvalue weighted by Crippen LogP contribution is -2.46. The Morgan fingerprint density at radius 1 is 1.00 bits per heavy atom. The monoisotopic (exact) mass is 336 g/mol. The molecule has 110 valence electrons. The first kappa shape index (κ1) is 14.6. The maximum absolute atomic E-state index is 3.56. The molecule has 2 nitrogen and oxygen atoms in total. The average Bonchev–Trinajstić information content (AvgIpc) is 2.49. The Morgan fingerprint density at radius 3 is 2.45 bits per heavy atom. The minimum atomic E-state index is 0.856. The van der Waals surface area contributed by atoms with Gasteiger partial charge in [-0.2, -0.15) is 0 Å². The van der Waals surface area contributed by atoms with Crippen LogP contribution in [-0.4, -0.2) is 42.0 Å². The fraction of sp³-hybridized carbons (Fsp3) is 0.647. The van der Waals surface area contributed by atoms with Crippen molar-refractivity contribution in [2.24, 2.45) is 0 Å². The molecule has 2 saturated heterocycles. The molecule has 2 aliphatic rings. The van der Waals surface area contributed by atoms with E-state index >= 15 is 0 Å². The van der Waals surface area contributed by atoms with Crippen molar-refractivity contribution >= 4 is 15.9 Å². The molecule has 2 aliphatic heterocycles. The van der Waals surface area contributed by atoms with Gasteiger partial charge in [0.1, 0.15) is 0 Å². The summed E-state index contributed by atoms with van der Waals surface area (Å²) in [6, 6.07) is 9.58. The lowest BCUT2D eigenvalue weighted by molar-refractivity contribution is 0.0896. The van der Waals surface area contributed by atoms with Crippen molar-refractivity contribution < 1.29 is 0 Å². The number of piperidine rings is 2. The zero-order valence-corrected chi connectivity index (χ0v) is 13.8. The van der Waals surface area contributed by atoms with Gasteiger partial charge in [0, 0.05) is 17.1 Å². The summed E-state index contributed by atoms with van der Waals surface area (Å²) >= 11 is 3.56. The first-order valence-electron chi connectivity index (χ1n) is 8.02. The molecule has 2 fully saturated rings. The summed E-state index contributed by atoms with van der Waals surface area (Å²) in [5.74, 6) is 0. The Hall–Kier alpha value is -0.380. The second-order valence-corrected chi connectivity index (χ2v) is 7.15. The van der Waals surface area contributed by atoms with Gasteiger partial charge in [-0.05, 0) is 69.6 Å². The van der Waals surface area contributed by atoms with Crippen LogP contribution in [0.4, 0.5) is 0 Å². The SMILES string of the molecule is Brc1cccc(CN2CCC(N3CCCCC3)CC2)c1. The minimum Gasteiger partial charge on any atom is -0.300 e. The number of halogens is 1. The second-order valence-electron chi connectivity index (χ2n) is 6.23. The molecule has 0 N–H and O–H groups in total. The first-order valence-corrected chi connectivity index (χ1v) is 8.81. The Kier molecular flexibility index (Phi) is 5.14. The van der Waals surface area contributed by atoms with Crippen molar-refractivity contribution in [3.8, 4) is 0 Å². The topological polar surface area (TPSA) is 6.48 Å². The summed E-state index contributed by atoms with van der Waals surface area (Å²) in [6.45, 7) is 6.31. The first-order chi connectivity index (χ1) is 9.81. The van der Waals surface area contributed by atoms with E-state index in [4.69, 9.17) is 0 Å². The van der Waals surface area contributed by atoms with Crippen LogP contribution in [0.1, 0.15) is 37.7 Å². The van der Waals surface area contributed by atoms with Crippen LogP contribution in [0, 0.1) is 0 Å². The molecule has 0 amide bonds. The maximum atomic E-state index is 3.56. The molecular weight excluding hydrogens is 312 g/mol. The van der Waals surface area contributed by atoms with Crippen molar-refractivity contribution in [2.45, 2.75) is 44.7 Å². The molecule has 0 aromatic heterocycles. The summed E-state index contributed by atoms with van der Waals surface area (Å²) in [5, 5.41) is 0. The van der Waals surface area contributed by atoms with Crippen LogP contribution in [-0.2, 0) is 6.54 Å². The standard InChI is InChI=1S/C17H25BrN2/c18-16-6-4-5-15(13-16)14-19-11-7-17(8-12-19)20-9-2-1-3-10-20/h4-6,13,17H,1-3,7-12,14H2. The summed E-state index contributed by atoms with van der Waals surface area (Å²) in [4.78, 5) is 5.36. The predicted molar refractivity (Wildman–Crippen MR) is 87.9 cm³/mol. The van der Waals surface area contributed by atoms with Crippen LogP contribution in [0.2, 0.25) is 0 Å². The highest BCUT2D eigenvalue weighted by Gasteiger charge is 2.25. The van der Waals surface area contributed by atoms with Crippen molar-refractivity contribution in [3.05, 3.63) is 34.3 Å². The van der Waals surface area contributed by atoms with Crippen LogP contribution < -0.4 is 0 Å². The Labute approximate surface area is 131 Å². The van der Waals surface area contributed by atoms with E-state index in [-0.39, 0.29) is 0 Å². The highest BCUT2D eigenvalue weighted by molar-refractivity contribution is 9.10. The number of nitrogens with zero attached hydrogens (tertiary/aromatic N) is 2. The fourth-order valence-electron chi connectivity index (χ4n) is 3.62. The van der Waals surface area contributed by atoms with Crippen molar-refractivity contribution in [1.82, 2.24) is 9.80 Å². The second kappa shape index (κ2) is 7.06. The Balaban J connectivity index is 1.48. The van der Waals surface area contributed by atoms with E-state index in [1.165, 1.54) is 68.3 Å². The van der Waals surface area contributed by atoms with E-state index in [2.05, 4.69) is 50.0 Å². The number of benzene rings is 1. The molecule has 0 bridgehead atoms. The molecule has 20 heavy (non-hydrogen) atoms. The summed E-state index contributed by atoms with van der Waals surface area (Å²) in [5.41, 5.74) is 1.43. The van der Waals surface area contributed by atoms with E-state index in [0.717, 1.165) is 12.6 Å². The molecule has 0 radical (unpaired) electrons. The molecule has 0 unspecified atom stereocenters. The summed E-state index contributed by atoms with van der Waals surface area (Å²) < 4.78 is 1.19. The molecule has 0 spiro atoms. The Morgan fingerprint density at radius 2 is 1.75 bits per heavy atom. The van der Waals surface area contributed by atoms with Gasteiger partial charge in [0.15, 0.2) is 0 Å². The molecule has 3 heteroatoms. The van der Waals surface area contributed by atoms with Crippen molar-refractivity contribution in [2.75, 3.05) is 26.2 Å². The quantitative estimate of drug-likeness (QED) is 0.825. The number of likely N-dealkylation sites (tertiary alicyclic amines) is 2. The van der Waals surface area contributed by atoms with E-state index in [1.54, 1.807) is 0 Å². The number of hydrogen-bond acceptors (Lipinski definition) is 2. The van der Waals surface area contributed by atoms with E-state index in [0.29, 0.717) is 0 Å². The smallest absolute Gasteiger partial charge is 0.0234 e. The lowest BCUT2D eigenvalue weighted by Gasteiger charge is -2.40. The summed E-state index contributed by atoms with van der Waals surface area (Å²) in [7, 11) is 0. The molecule has 0 atom stereocenters. The van der Waals surface area contributed by atoms with Crippen LogP contribution in [0.3, 0.4) is 0 Å². The Bertz CT molecular complexity index is 421. The third-order valence-corrected chi connectivity index (χ3v) is 5.25. The third kappa shape index (κ3) is 3.84. The lowest BCUT2D eigenvalue weighted by atomic mass is 9.99. The normalized spacial score (nSPS) is 23.1. The molecular formula is C17H25BrN2. The van der Waals surface area contributed by atoms with Gasteiger partial charge in [-0.3, -0.25) is 4.90 Å². The van der Waals surface area contributed by atoms with Gasteiger partial charge in [-0.1, -0.05) is 34.5 Å². The largest absolute Gasteiger partial charge is 0.300 e. The molecule has 3 rings (SSSR count). The van der Waals surface area contributed by atoms with Gasteiger partial charge < -0.3 is 4.90 Å². The van der Waals surface area contributed by atoms with Crippen LogP contribution >= 0.6 is 15.9 Å². The maximum Gasteiger partial charge on any atom is 0.0234 e. The van der Waals surface area contributed by atoms with Crippen molar-refractivity contribution in [3.63, 3.8) is 0 Å². The van der Waals surface area contributed by atoms with Crippen LogP contribution in [0.15, 0.2) is 28.7 Å². The average molecular weight is 337 g/mol. The fourth-order valence-corrected chi connectivity index (χ4v) is 4.07. The van der Waals surface area contributed by atoms with E-state index in [1.807, 2.05) is 0 Å². The molecule has 0 saturated carbocycles. The molecule has 1 aromatic carbocycles. The van der Waals surface area contributed by atoms with E-state index in [9.17, 15) is 0 Å². The van der Waals surface area contributed by atoms with Gasteiger partial charge in [-0.15, -0.1) is 0 Å². The van der Waals surface area contributed by atoms with Gasteiger partial charge in [0.25, 0.3) is 0 Å². The molecule has 2 heterocycles. The minimum absolute atomic E-state index is 0.856.